The number of nitrogens with one attached hydrogen (secondary N) is 1. The molecule has 0 unspecified atom stereocenters. The Morgan fingerprint density at radius 1 is 1.43 bits per heavy atom. The number of nitrogens with zero attached hydrogens (tertiary/aromatic N) is 3. The van der Waals surface area contributed by atoms with E-state index in [4.69, 9.17) is 0 Å². The zero-order valence-electron chi connectivity index (χ0n) is 13.2. The standard InChI is InChI=1S/C17H18N4OS/c1-3-13-16(23-20-19-13)17(22)21-8-7-14-12(9-21)11-6-4-5-10(2)15(11)18-14/h4-6,18H,3,7-9H2,1-2H3. The van der Waals surface area contributed by atoms with E-state index in [2.05, 4.69) is 39.7 Å². The van der Waals surface area contributed by atoms with E-state index in [1.165, 1.54) is 39.3 Å². The van der Waals surface area contributed by atoms with Gasteiger partial charge in [-0.3, -0.25) is 4.79 Å². The van der Waals surface area contributed by atoms with Gasteiger partial charge in [-0.2, -0.15) is 0 Å². The number of aromatic amines is 1. The fraction of sp³-hybridized carbons (Fsp3) is 0.353. The summed E-state index contributed by atoms with van der Waals surface area (Å²) >= 11 is 1.21. The molecule has 3 aromatic rings. The maximum atomic E-state index is 12.8. The minimum Gasteiger partial charge on any atom is -0.358 e. The largest absolute Gasteiger partial charge is 0.358 e. The highest BCUT2D eigenvalue weighted by Gasteiger charge is 2.27. The SMILES string of the molecule is CCc1nnsc1C(=O)N1CCc2[nH]c3c(C)cccc3c2C1. The summed E-state index contributed by atoms with van der Waals surface area (Å²) < 4.78 is 3.94. The summed E-state index contributed by atoms with van der Waals surface area (Å²) in [6.07, 6.45) is 1.60. The summed E-state index contributed by atoms with van der Waals surface area (Å²) in [5.74, 6) is 0.0597. The molecular formula is C17H18N4OS. The first-order valence-corrected chi connectivity index (χ1v) is 8.66. The third-order valence-electron chi connectivity index (χ3n) is 4.59. The molecule has 2 aromatic heterocycles. The van der Waals surface area contributed by atoms with Crippen LogP contribution in [0.3, 0.4) is 0 Å². The van der Waals surface area contributed by atoms with E-state index < -0.39 is 0 Å². The van der Waals surface area contributed by atoms with Gasteiger partial charge in [0, 0.05) is 41.7 Å². The number of para-hydroxylation sites is 1. The molecule has 5 nitrogen and oxygen atoms in total. The molecule has 0 fully saturated rings. The monoisotopic (exact) mass is 326 g/mol. The van der Waals surface area contributed by atoms with Crippen LogP contribution in [0.2, 0.25) is 0 Å². The average Bonchev–Trinajstić information content (AvgIpc) is 3.18. The van der Waals surface area contributed by atoms with Gasteiger partial charge in [0.1, 0.15) is 4.88 Å². The van der Waals surface area contributed by atoms with Crippen LogP contribution in [0.15, 0.2) is 18.2 Å². The van der Waals surface area contributed by atoms with E-state index in [0.29, 0.717) is 11.4 Å². The van der Waals surface area contributed by atoms with Gasteiger partial charge in [0.05, 0.1) is 5.69 Å². The third-order valence-corrected chi connectivity index (χ3v) is 5.35. The number of H-pyrrole nitrogens is 1. The lowest BCUT2D eigenvalue weighted by Crippen LogP contribution is -2.35. The predicted octanol–water partition coefficient (Wildman–Crippen LogP) is 3.09. The molecule has 1 N–H and O–H groups in total. The Hall–Kier alpha value is -2.21. The molecule has 0 bridgehead atoms. The number of carbonyl (C=O) groups excluding carboxylic acids is 1. The first-order valence-electron chi connectivity index (χ1n) is 7.88. The highest BCUT2D eigenvalue weighted by atomic mass is 32.1. The predicted molar refractivity (Wildman–Crippen MR) is 90.8 cm³/mol. The lowest BCUT2D eigenvalue weighted by Gasteiger charge is -2.26. The van der Waals surface area contributed by atoms with Crippen LogP contribution in [0, 0.1) is 6.92 Å². The summed E-state index contributed by atoms with van der Waals surface area (Å²) in [6, 6.07) is 6.33. The molecule has 0 spiro atoms. The van der Waals surface area contributed by atoms with Gasteiger partial charge in [0.25, 0.3) is 5.91 Å². The molecule has 4 rings (SSSR count). The summed E-state index contributed by atoms with van der Waals surface area (Å²) in [5, 5.41) is 5.29. The Kier molecular flexibility index (Phi) is 3.41. The minimum atomic E-state index is 0.0597. The van der Waals surface area contributed by atoms with E-state index in [-0.39, 0.29) is 5.91 Å². The van der Waals surface area contributed by atoms with Crippen LogP contribution in [0.5, 0.6) is 0 Å². The first-order chi connectivity index (χ1) is 11.2. The van der Waals surface area contributed by atoms with E-state index in [1.54, 1.807) is 0 Å². The third kappa shape index (κ3) is 2.25. The lowest BCUT2D eigenvalue weighted by molar-refractivity contribution is 0.0738. The van der Waals surface area contributed by atoms with Crippen molar-refractivity contribution in [3.8, 4) is 0 Å². The molecule has 1 amide bonds. The topological polar surface area (TPSA) is 61.9 Å². The molecule has 1 aliphatic rings. The van der Waals surface area contributed by atoms with Crippen molar-refractivity contribution in [2.24, 2.45) is 0 Å². The number of rotatable bonds is 2. The first kappa shape index (κ1) is 14.4. The maximum Gasteiger partial charge on any atom is 0.267 e. The molecule has 1 aromatic carbocycles. The average molecular weight is 326 g/mol. The van der Waals surface area contributed by atoms with Crippen LogP contribution in [0.4, 0.5) is 0 Å². The summed E-state index contributed by atoms with van der Waals surface area (Å²) in [4.78, 5) is 19.0. The summed E-state index contributed by atoms with van der Waals surface area (Å²) in [7, 11) is 0. The number of hydrogen-bond donors (Lipinski definition) is 1. The Morgan fingerprint density at radius 3 is 3.13 bits per heavy atom. The normalized spacial score (nSPS) is 14.3. The Morgan fingerprint density at radius 2 is 2.30 bits per heavy atom. The van der Waals surface area contributed by atoms with Crippen molar-refractivity contribution in [2.75, 3.05) is 6.54 Å². The van der Waals surface area contributed by atoms with E-state index in [0.717, 1.165) is 25.1 Å². The van der Waals surface area contributed by atoms with Crippen LogP contribution in [-0.2, 0) is 19.4 Å². The Labute approximate surface area is 138 Å². The highest BCUT2D eigenvalue weighted by Crippen LogP contribution is 2.30. The molecule has 0 saturated heterocycles. The second-order valence-electron chi connectivity index (χ2n) is 5.96. The van der Waals surface area contributed by atoms with Crippen molar-refractivity contribution < 1.29 is 4.79 Å². The minimum absolute atomic E-state index is 0.0597. The smallest absolute Gasteiger partial charge is 0.267 e. The molecule has 118 valence electrons. The zero-order valence-corrected chi connectivity index (χ0v) is 14.0. The molecular weight excluding hydrogens is 308 g/mol. The van der Waals surface area contributed by atoms with Gasteiger partial charge < -0.3 is 9.88 Å². The van der Waals surface area contributed by atoms with Gasteiger partial charge in [0.15, 0.2) is 0 Å². The Bertz CT molecular complexity index is 895. The quantitative estimate of drug-likeness (QED) is 0.787. The number of benzene rings is 1. The van der Waals surface area contributed by atoms with Gasteiger partial charge >= 0.3 is 0 Å². The summed E-state index contributed by atoms with van der Waals surface area (Å²) in [6.45, 7) is 5.51. The molecule has 1 aliphatic heterocycles. The number of aromatic nitrogens is 3. The molecule has 0 saturated carbocycles. The van der Waals surface area contributed by atoms with Crippen molar-refractivity contribution in [1.29, 1.82) is 0 Å². The second kappa shape index (κ2) is 5.45. The van der Waals surface area contributed by atoms with Crippen LogP contribution >= 0.6 is 11.5 Å². The fourth-order valence-electron chi connectivity index (χ4n) is 3.30. The van der Waals surface area contributed by atoms with Crippen LogP contribution < -0.4 is 0 Å². The number of carbonyl (C=O) groups is 1. The number of hydrogen-bond acceptors (Lipinski definition) is 4. The van der Waals surface area contributed by atoms with Crippen molar-refractivity contribution in [3.05, 3.63) is 45.6 Å². The van der Waals surface area contributed by atoms with Crippen LogP contribution in [0.1, 0.15) is 39.1 Å². The Balaban J connectivity index is 1.70. The molecule has 6 heteroatoms. The van der Waals surface area contributed by atoms with Gasteiger partial charge in [-0.25, -0.2) is 0 Å². The molecule has 0 atom stereocenters. The van der Waals surface area contributed by atoms with Gasteiger partial charge in [-0.1, -0.05) is 29.6 Å². The summed E-state index contributed by atoms with van der Waals surface area (Å²) in [5.41, 5.74) is 5.76. The molecule has 23 heavy (non-hydrogen) atoms. The van der Waals surface area contributed by atoms with Crippen molar-refractivity contribution in [2.45, 2.75) is 33.2 Å². The fourth-order valence-corrected chi connectivity index (χ4v) is 4.02. The molecule has 0 radical (unpaired) electrons. The second-order valence-corrected chi connectivity index (χ2v) is 6.71. The molecule has 0 aliphatic carbocycles. The van der Waals surface area contributed by atoms with Crippen molar-refractivity contribution >= 4 is 28.3 Å². The number of amides is 1. The number of aryl methyl sites for hydroxylation is 2. The number of fused-ring (bicyclic) bond motifs is 3. The van der Waals surface area contributed by atoms with E-state index in [1.807, 2.05) is 11.8 Å². The van der Waals surface area contributed by atoms with Crippen molar-refractivity contribution in [3.63, 3.8) is 0 Å². The van der Waals surface area contributed by atoms with E-state index >= 15 is 0 Å². The van der Waals surface area contributed by atoms with Gasteiger partial charge in [0.2, 0.25) is 0 Å². The van der Waals surface area contributed by atoms with Crippen molar-refractivity contribution in [1.82, 2.24) is 19.5 Å². The zero-order chi connectivity index (χ0) is 16.0. The van der Waals surface area contributed by atoms with E-state index in [9.17, 15) is 4.79 Å². The van der Waals surface area contributed by atoms with Crippen LogP contribution in [-0.4, -0.2) is 31.9 Å². The molecule has 3 heterocycles. The highest BCUT2D eigenvalue weighted by molar-refractivity contribution is 7.08. The van der Waals surface area contributed by atoms with Gasteiger partial charge in [-0.05, 0) is 30.4 Å². The van der Waals surface area contributed by atoms with Crippen LogP contribution in [0.25, 0.3) is 10.9 Å². The van der Waals surface area contributed by atoms with Gasteiger partial charge in [-0.15, -0.1) is 5.10 Å². The maximum absolute atomic E-state index is 12.8. The lowest BCUT2D eigenvalue weighted by atomic mass is 10.0.